The average molecular weight is 636 g/mol. The second-order valence-corrected chi connectivity index (χ2v) is 15.5. The van der Waals surface area contributed by atoms with Gasteiger partial charge in [-0.25, -0.2) is 0 Å². The molecule has 2 nitrogen and oxygen atoms in total. The standard InChI is InChI=1S/C47H41NO/c1-46(2,3)33-20-23-35-31(26-33)19-25-42(49)38(35)22-18-29-16-17-32-27-34(47(4,5)6)21-24-36(32)43(29)40-28-30-12-8-9-13-37(30)45-44(40)39-14-10-11-15-41(39)48(45)7/h8-17,19-21,23-28,49H,1-7H3. The number of nitrogens with zero attached hydrogens (tertiary/aromatic N) is 1. The van der Waals surface area contributed by atoms with E-state index in [2.05, 4.69) is 168 Å². The lowest BCUT2D eigenvalue weighted by Gasteiger charge is -2.21. The highest BCUT2D eigenvalue weighted by atomic mass is 16.3. The van der Waals surface area contributed by atoms with Gasteiger partial charge in [0.1, 0.15) is 5.75 Å². The Morgan fingerprint density at radius 3 is 1.86 bits per heavy atom. The molecule has 0 unspecified atom stereocenters. The van der Waals surface area contributed by atoms with Crippen LogP contribution in [-0.4, -0.2) is 9.67 Å². The van der Waals surface area contributed by atoms with Gasteiger partial charge in [-0.2, -0.15) is 0 Å². The number of hydrogen-bond acceptors (Lipinski definition) is 1. The normalized spacial score (nSPS) is 12.3. The van der Waals surface area contributed by atoms with Crippen LogP contribution < -0.4 is 0 Å². The molecule has 2 heteroatoms. The zero-order chi connectivity index (χ0) is 34.2. The summed E-state index contributed by atoms with van der Waals surface area (Å²) in [4.78, 5) is 0. The van der Waals surface area contributed by atoms with Crippen molar-refractivity contribution in [1.82, 2.24) is 4.57 Å². The molecule has 0 atom stereocenters. The van der Waals surface area contributed by atoms with Gasteiger partial charge in [-0.05, 0) is 73.3 Å². The summed E-state index contributed by atoms with van der Waals surface area (Å²) in [5.41, 5.74) is 8.90. The first-order chi connectivity index (χ1) is 23.4. The number of aryl methyl sites for hydroxylation is 1. The summed E-state index contributed by atoms with van der Waals surface area (Å²) in [6.45, 7) is 13.5. The van der Waals surface area contributed by atoms with Crippen molar-refractivity contribution < 1.29 is 5.11 Å². The Hall–Kier alpha value is -5.52. The van der Waals surface area contributed by atoms with Gasteiger partial charge in [0.05, 0.1) is 11.1 Å². The summed E-state index contributed by atoms with van der Waals surface area (Å²) < 4.78 is 2.34. The maximum atomic E-state index is 11.2. The molecule has 49 heavy (non-hydrogen) atoms. The van der Waals surface area contributed by atoms with Crippen LogP contribution in [0.5, 0.6) is 5.75 Å². The van der Waals surface area contributed by atoms with Crippen molar-refractivity contribution in [2.24, 2.45) is 7.05 Å². The van der Waals surface area contributed by atoms with Crippen LogP contribution in [0.4, 0.5) is 0 Å². The van der Waals surface area contributed by atoms with Gasteiger partial charge in [0.2, 0.25) is 0 Å². The molecule has 0 saturated carbocycles. The Bertz CT molecular complexity index is 2700. The fourth-order valence-electron chi connectivity index (χ4n) is 7.48. The number of benzene rings is 7. The van der Waals surface area contributed by atoms with Crippen LogP contribution in [0, 0.1) is 11.8 Å². The van der Waals surface area contributed by atoms with E-state index in [0.717, 1.165) is 21.9 Å². The van der Waals surface area contributed by atoms with Gasteiger partial charge >= 0.3 is 0 Å². The predicted octanol–water partition coefficient (Wildman–Crippen LogP) is 12.2. The third-order valence-corrected chi connectivity index (χ3v) is 10.2. The van der Waals surface area contributed by atoms with Crippen LogP contribution in [0.2, 0.25) is 0 Å². The van der Waals surface area contributed by atoms with Crippen molar-refractivity contribution in [1.29, 1.82) is 0 Å². The van der Waals surface area contributed by atoms with Gasteiger partial charge in [0.25, 0.3) is 0 Å². The Kier molecular flexibility index (Phi) is 6.92. The first kappa shape index (κ1) is 30.8. The van der Waals surface area contributed by atoms with Gasteiger partial charge in [0, 0.05) is 45.2 Å². The Morgan fingerprint density at radius 2 is 1.14 bits per heavy atom. The van der Waals surface area contributed by atoms with E-state index in [1.807, 2.05) is 6.07 Å². The van der Waals surface area contributed by atoms with Crippen molar-refractivity contribution in [3.63, 3.8) is 0 Å². The third-order valence-electron chi connectivity index (χ3n) is 10.2. The first-order valence-electron chi connectivity index (χ1n) is 17.1. The molecule has 1 aromatic heterocycles. The van der Waals surface area contributed by atoms with Crippen LogP contribution >= 0.6 is 0 Å². The first-order valence-corrected chi connectivity index (χ1v) is 17.1. The van der Waals surface area contributed by atoms with Crippen molar-refractivity contribution in [2.75, 3.05) is 0 Å². The highest BCUT2D eigenvalue weighted by Crippen LogP contribution is 2.44. The van der Waals surface area contributed by atoms with Gasteiger partial charge in [-0.3, -0.25) is 0 Å². The summed E-state index contributed by atoms with van der Waals surface area (Å²) in [6, 6.07) is 41.3. The largest absolute Gasteiger partial charge is 0.507 e. The quantitative estimate of drug-likeness (QED) is 0.178. The van der Waals surface area contributed by atoms with Crippen LogP contribution in [0.1, 0.15) is 63.8 Å². The van der Waals surface area contributed by atoms with Gasteiger partial charge < -0.3 is 9.67 Å². The van der Waals surface area contributed by atoms with E-state index in [4.69, 9.17) is 0 Å². The molecule has 8 rings (SSSR count). The van der Waals surface area contributed by atoms with E-state index in [-0.39, 0.29) is 16.6 Å². The van der Waals surface area contributed by atoms with Crippen LogP contribution in [0.25, 0.3) is 65.3 Å². The highest BCUT2D eigenvalue weighted by molar-refractivity contribution is 6.25. The molecule has 0 aliphatic rings. The van der Waals surface area contributed by atoms with E-state index in [9.17, 15) is 5.11 Å². The molecule has 8 aromatic rings. The summed E-state index contributed by atoms with van der Waals surface area (Å²) in [5.74, 6) is 7.25. The lowest BCUT2D eigenvalue weighted by Crippen LogP contribution is -2.10. The monoisotopic (exact) mass is 635 g/mol. The number of phenolic OH excluding ortho intramolecular Hbond substituents is 1. The average Bonchev–Trinajstić information content (AvgIpc) is 3.38. The summed E-state index contributed by atoms with van der Waals surface area (Å²) in [5, 5.41) is 20.4. The molecule has 7 aromatic carbocycles. The molecule has 0 aliphatic carbocycles. The smallest absolute Gasteiger partial charge is 0.131 e. The second-order valence-electron chi connectivity index (χ2n) is 15.5. The Labute approximate surface area is 288 Å². The highest BCUT2D eigenvalue weighted by Gasteiger charge is 2.21. The minimum absolute atomic E-state index is 0.0252. The molecular formula is C47H41NO. The van der Waals surface area contributed by atoms with Crippen molar-refractivity contribution in [3.8, 4) is 28.7 Å². The van der Waals surface area contributed by atoms with E-state index < -0.39 is 0 Å². The Morgan fingerprint density at radius 1 is 0.551 bits per heavy atom. The third kappa shape index (κ3) is 5.04. The number of phenols is 1. The van der Waals surface area contributed by atoms with E-state index >= 15 is 0 Å². The number of aromatic hydroxyl groups is 1. The molecule has 0 bridgehead atoms. The van der Waals surface area contributed by atoms with Crippen LogP contribution in [-0.2, 0) is 17.9 Å². The summed E-state index contributed by atoms with van der Waals surface area (Å²) >= 11 is 0. The SMILES string of the molecule is Cn1c2ccccc2c2c(-c3c(C#Cc4c(O)ccc5cc(C(C)(C)C)ccc45)ccc4cc(C(C)(C)C)ccc34)cc3ccccc3c21. The fraction of sp³-hybridized carbons (Fsp3) is 0.191. The van der Waals surface area contributed by atoms with E-state index in [1.165, 1.54) is 60.0 Å². The molecule has 0 aliphatic heterocycles. The number of fused-ring (bicyclic) bond motifs is 7. The van der Waals surface area contributed by atoms with Gasteiger partial charge in [0.15, 0.2) is 0 Å². The molecule has 0 fully saturated rings. The number of para-hydroxylation sites is 1. The molecule has 240 valence electrons. The van der Waals surface area contributed by atoms with Crippen molar-refractivity contribution in [3.05, 3.63) is 138 Å². The van der Waals surface area contributed by atoms with Crippen LogP contribution in [0.3, 0.4) is 0 Å². The summed E-state index contributed by atoms with van der Waals surface area (Å²) in [6.07, 6.45) is 0. The number of aromatic nitrogens is 1. The molecule has 0 spiro atoms. The zero-order valence-corrected chi connectivity index (χ0v) is 29.4. The van der Waals surface area contributed by atoms with Crippen LogP contribution in [0.15, 0.2) is 115 Å². The molecule has 0 amide bonds. The maximum Gasteiger partial charge on any atom is 0.131 e. The topological polar surface area (TPSA) is 25.2 Å². The van der Waals surface area contributed by atoms with Gasteiger partial charge in [-0.15, -0.1) is 0 Å². The van der Waals surface area contributed by atoms with Gasteiger partial charge in [-0.1, -0.05) is 144 Å². The van der Waals surface area contributed by atoms with Crippen molar-refractivity contribution in [2.45, 2.75) is 52.4 Å². The summed E-state index contributed by atoms with van der Waals surface area (Å²) in [7, 11) is 2.18. The number of hydrogen-bond donors (Lipinski definition) is 1. The molecule has 0 radical (unpaired) electrons. The lowest BCUT2D eigenvalue weighted by molar-refractivity contribution is 0.474. The fourth-order valence-corrected chi connectivity index (χ4v) is 7.48. The minimum Gasteiger partial charge on any atom is -0.507 e. The second kappa shape index (κ2) is 11.0. The van der Waals surface area contributed by atoms with E-state index in [0.29, 0.717) is 5.56 Å². The molecular weight excluding hydrogens is 595 g/mol. The Balaban J connectivity index is 1.47. The predicted molar refractivity (Wildman–Crippen MR) is 210 cm³/mol. The molecule has 1 heterocycles. The number of rotatable bonds is 1. The van der Waals surface area contributed by atoms with E-state index in [1.54, 1.807) is 6.07 Å². The maximum absolute atomic E-state index is 11.2. The molecule has 1 N–H and O–H groups in total. The lowest BCUT2D eigenvalue weighted by atomic mass is 9.83. The molecule has 0 saturated heterocycles. The zero-order valence-electron chi connectivity index (χ0n) is 29.4. The van der Waals surface area contributed by atoms with Crippen molar-refractivity contribution >= 4 is 54.1 Å². The minimum atomic E-state index is 0.0252.